The van der Waals surface area contributed by atoms with Crippen molar-refractivity contribution in [1.29, 1.82) is 0 Å². The van der Waals surface area contributed by atoms with Gasteiger partial charge in [-0.25, -0.2) is 0 Å². The largest absolute Gasteiger partial charge is 0.493 e. The van der Waals surface area contributed by atoms with E-state index in [2.05, 4.69) is 6.07 Å². The van der Waals surface area contributed by atoms with Gasteiger partial charge in [0.15, 0.2) is 0 Å². The molecule has 1 heterocycles. The van der Waals surface area contributed by atoms with Gasteiger partial charge in [-0.1, -0.05) is 6.07 Å². The number of likely N-dealkylation sites (N-methyl/N-ethyl adjacent to an activating group) is 1. The molecular formula is C17H23NO3. The highest BCUT2D eigenvalue weighted by molar-refractivity contribution is 5.91. The van der Waals surface area contributed by atoms with Crippen molar-refractivity contribution in [2.24, 2.45) is 0 Å². The van der Waals surface area contributed by atoms with E-state index in [0.717, 1.165) is 50.1 Å². The number of hydrogen-bond donors (Lipinski definition) is 1. The van der Waals surface area contributed by atoms with Crippen LogP contribution >= 0.6 is 0 Å². The zero-order chi connectivity index (χ0) is 15.1. The third-order valence-electron chi connectivity index (χ3n) is 3.66. The van der Waals surface area contributed by atoms with Crippen LogP contribution in [0.5, 0.6) is 5.75 Å². The minimum atomic E-state index is 0.00995. The SMILES string of the molecule is CN(CCCCCO)C(=O)/C=C/c1ccc2c(c1)CCO2. The van der Waals surface area contributed by atoms with Gasteiger partial charge in [0.2, 0.25) is 5.91 Å². The maximum atomic E-state index is 12.0. The van der Waals surface area contributed by atoms with E-state index in [1.54, 1.807) is 11.0 Å². The molecule has 2 rings (SSSR count). The summed E-state index contributed by atoms with van der Waals surface area (Å²) in [5.41, 5.74) is 2.24. The summed E-state index contributed by atoms with van der Waals surface area (Å²) >= 11 is 0. The molecule has 4 heteroatoms. The number of hydrogen-bond acceptors (Lipinski definition) is 3. The molecule has 0 spiro atoms. The number of nitrogens with zero attached hydrogens (tertiary/aromatic N) is 1. The van der Waals surface area contributed by atoms with E-state index in [0.29, 0.717) is 0 Å². The molecule has 0 atom stereocenters. The van der Waals surface area contributed by atoms with Gasteiger partial charge < -0.3 is 14.7 Å². The van der Waals surface area contributed by atoms with Crippen molar-refractivity contribution in [3.63, 3.8) is 0 Å². The first kappa shape index (κ1) is 15.6. The maximum absolute atomic E-state index is 12.0. The van der Waals surface area contributed by atoms with Gasteiger partial charge in [0.1, 0.15) is 5.75 Å². The summed E-state index contributed by atoms with van der Waals surface area (Å²) in [7, 11) is 1.81. The smallest absolute Gasteiger partial charge is 0.246 e. The Kier molecular flexibility index (Phi) is 5.81. The molecule has 0 aromatic heterocycles. The highest BCUT2D eigenvalue weighted by Crippen LogP contribution is 2.26. The highest BCUT2D eigenvalue weighted by Gasteiger charge is 2.11. The minimum Gasteiger partial charge on any atom is -0.493 e. The van der Waals surface area contributed by atoms with Gasteiger partial charge in [-0.2, -0.15) is 0 Å². The maximum Gasteiger partial charge on any atom is 0.246 e. The van der Waals surface area contributed by atoms with E-state index >= 15 is 0 Å². The van der Waals surface area contributed by atoms with Crippen LogP contribution in [0.4, 0.5) is 0 Å². The first-order valence-corrected chi connectivity index (χ1v) is 7.50. The fraction of sp³-hybridized carbons (Fsp3) is 0.471. The fourth-order valence-electron chi connectivity index (χ4n) is 2.35. The molecule has 1 amide bonds. The number of unbranched alkanes of at least 4 members (excludes halogenated alkanes) is 2. The number of benzene rings is 1. The lowest BCUT2D eigenvalue weighted by atomic mass is 10.1. The van der Waals surface area contributed by atoms with Crippen molar-refractivity contribution in [2.75, 3.05) is 26.8 Å². The van der Waals surface area contributed by atoms with E-state index in [1.165, 1.54) is 5.56 Å². The van der Waals surface area contributed by atoms with Gasteiger partial charge in [-0.3, -0.25) is 4.79 Å². The molecule has 0 radical (unpaired) electrons. The molecule has 1 N–H and O–H groups in total. The molecule has 4 nitrogen and oxygen atoms in total. The topological polar surface area (TPSA) is 49.8 Å². The van der Waals surface area contributed by atoms with Crippen LogP contribution in [0.15, 0.2) is 24.3 Å². The molecule has 0 bridgehead atoms. The third kappa shape index (κ3) is 4.60. The van der Waals surface area contributed by atoms with Crippen molar-refractivity contribution in [1.82, 2.24) is 4.90 Å². The summed E-state index contributed by atoms with van der Waals surface area (Å²) < 4.78 is 5.46. The lowest BCUT2D eigenvalue weighted by molar-refractivity contribution is -0.124. The van der Waals surface area contributed by atoms with Gasteiger partial charge >= 0.3 is 0 Å². The Hall–Kier alpha value is -1.81. The Labute approximate surface area is 126 Å². The van der Waals surface area contributed by atoms with Crippen LogP contribution in [0.2, 0.25) is 0 Å². The summed E-state index contributed by atoms with van der Waals surface area (Å²) in [4.78, 5) is 13.7. The number of aliphatic hydroxyl groups excluding tert-OH is 1. The fourth-order valence-corrected chi connectivity index (χ4v) is 2.35. The van der Waals surface area contributed by atoms with Crippen LogP contribution in [0.3, 0.4) is 0 Å². The number of rotatable bonds is 7. The van der Waals surface area contributed by atoms with Crippen molar-refractivity contribution in [3.8, 4) is 5.75 Å². The normalized spacial score (nSPS) is 13.2. The molecule has 0 saturated carbocycles. The molecule has 0 fully saturated rings. The molecule has 1 aromatic rings. The van der Waals surface area contributed by atoms with Gasteiger partial charge in [0.25, 0.3) is 0 Å². The van der Waals surface area contributed by atoms with Crippen LogP contribution in [0.25, 0.3) is 6.08 Å². The van der Waals surface area contributed by atoms with Crippen molar-refractivity contribution in [2.45, 2.75) is 25.7 Å². The van der Waals surface area contributed by atoms with Crippen molar-refractivity contribution < 1.29 is 14.6 Å². The van der Waals surface area contributed by atoms with E-state index in [9.17, 15) is 4.79 Å². The van der Waals surface area contributed by atoms with Gasteiger partial charge in [-0.15, -0.1) is 0 Å². The second-order valence-corrected chi connectivity index (χ2v) is 5.34. The zero-order valence-corrected chi connectivity index (χ0v) is 12.5. The predicted molar refractivity (Wildman–Crippen MR) is 83.2 cm³/mol. The van der Waals surface area contributed by atoms with Crippen LogP contribution in [0, 0.1) is 0 Å². The number of amides is 1. The first-order valence-electron chi connectivity index (χ1n) is 7.50. The highest BCUT2D eigenvalue weighted by atomic mass is 16.5. The van der Waals surface area contributed by atoms with Gasteiger partial charge in [-0.05, 0) is 48.6 Å². The molecular weight excluding hydrogens is 266 g/mol. The van der Waals surface area contributed by atoms with E-state index < -0.39 is 0 Å². The molecule has 0 saturated heterocycles. The molecule has 1 aliphatic heterocycles. The van der Waals surface area contributed by atoms with Crippen molar-refractivity contribution >= 4 is 12.0 Å². The number of aliphatic hydroxyl groups is 1. The van der Waals surface area contributed by atoms with E-state index in [-0.39, 0.29) is 12.5 Å². The molecule has 0 aliphatic carbocycles. The average Bonchev–Trinajstić information content (AvgIpc) is 2.96. The Morgan fingerprint density at radius 3 is 3.05 bits per heavy atom. The number of fused-ring (bicyclic) bond motifs is 1. The van der Waals surface area contributed by atoms with Gasteiger partial charge in [0, 0.05) is 32.7 Å². The predicted octanol–water partition coefficient (Wildman–Crippen LogP) is 2.26. The Balaban J connectivity index is 1.84. The summed E-state index contributed by atoms with van der Waals surface area (Å²) in [5.74, 6) is 0.968. The lowest BCUT2D eigenvalue weighted by Crippen LogP contribution is -2.25. The van der Waals surface area contributed by atoms with Crippen LogP contribution < -0.4 is 4.74 Å². The Bertz CT molecular complexity index is 511. The van der Waals surface area contributed by atoms with Crippen molar-refractivity contribution in [3.05, 3.63) is 35.4 Å². The molecule has 114 valence electrons. The quantitative estimate of drug-likeness (QED) is 0.619. The summed E-state index contributed by atoms with van der Waals surface area (Å²) in [6, 6.07) is 6.01. The van der Waals surface area contributed by atoms with Crippen LogP contribution in [-0.4, -0.2) is 42.7 Å². The van der Waals surface area contributed by atoms with E-state index in [1.807, 2.05) is 25.3 Å². The summed E-state index contributed by atoms with van der Waals surface area (Å²) in [5, 5.41) is 8.72. The first-order chi connectivity index (χ1) is 10.2. The third-order valence-corrected chi connectivity index (χ3v) is 3.66. The number of carbonyl (C=O) groups is 1. The zero-order valence-electron chi connectivity index (χ0n) is 12.5. The second-order valence-electron chi connectivity index (χ2n) is 5.34. The Morgan fingerprint density at radius 2 is 2.24 bits per heavy atom. The summed E-state index contributed by atoms with van der Waals surface area (Å²) in [6.07, 6.45) is 7.08. The van der Waals surface area contributed by atoms with Crippen LogP contribution in [0.1, 0.15) is 30.4 Å². The molecule has 1 aromatic carbocycles. The van der Waals surface area contributed by atoms with E-state index in [4.69, 9.17) is 9.84 Å². The average molecular weight is 289 g/mol. The Morgan fingerprint density at radius 1 is 1.38 bits per heavy atom. The molecule has 21 heavy (non-hydrogen) atoms. The summed E-state index contributed by atoms with van der Waals surface area (Å²) in [6.45, 7) is 1.69. The number of ether oxygens (including phenoxy) is 1. The van der Waals surface area contributed by atoms with Gasteiger partial charge in [0.05, 0.1) is 6.61 Å². The molecule has 0 unspecified atom stereocenters. The molecule has 1 aliphatic rings. The monoisotopic (exact) mass is 289 g/mol. The minimum absolute atomic E-state index is 0.00995. The standard InChI is InChI=1S/C17H23NO3/c1-18(10-3-2-4-11-19)17(20)8-6-14-5-7-16-15(13-14)9-12-21-16/h5-8,13,19H,2-4,9-12H2,1H3/b8-6+. The second kappa shape index (κ2) is 7.84. The number of carbonyl (C=O) groups excluding carboxylic acids is 1. The van der Waals surface area contributed by atoms with Crippen LogP contribution in [-0.2, 0) is 11.2 Å². The lowest BCUT2D eigenvalue weighted by Gasteiger charge is -2.14.